The number of nitrogens with zero attached hydrogens (tertiary/aromatic N) is 4. The van der Waals surface area contributed by atoms with Crippen LogP contribution < -0.4 is 13.9 Å². The molecular weight excluding hydrogens is 418 g/mol. The lowest BCUT2D eigenvalue weighted by Gasteiger charge is -2.22. The van der Waals surface area contributed by atoms with Crippen molar-refractivity contribution in [3.8, 4) is 11.5 Å². The molecule has 0 fully saturated rings. The van der Waals surface area contributed by atoms with E-state index in [1.807, 2.05) is 0 Å². The van der Waals surface area contributed by atoms with Gasteiger partial charge in [0.05, 0.1) is 16.9 Å². The van der Waals surface area contributed by atoms with E-state index in [1.165, 1.54) is 12.3 Å². The second kappa shape index (κ2) is 8.25. The predicted octanol–water partition coefficient (Wildman–Crippen LogP) is 2.64. The largest absolute Gasteiger partial charge is 0.452 e. The minimum Gasteiger partial charge on any atom is -0.452 e. The summed E-state index contributed by atoms with van der Waals surface area (Å²) in [5, 5.41) is 0.226. The van der Waals surface area contributed by atoms with Crippen molar-refractivity contribution in [3.05, 3.63) is 41.1 Å². The monoisotopic (exact) mass is 434 g/mol. The molecule has 0 saturated carbocycles. The van der Waals surface area contributed by atoms with Crippen LogP contribution in [0.3, 0.4) is 0 Å². The van der Waals surface area contributed by atoms with Crippen LogP contribution in [0.15, 0.2) is 24.4 Å². The molecule has 2 aromatic rings. The maximum Gasteiger partial charge on any atom is 0.310 e. The summed E-state index contributed by atoms with van der Waals surface area (Å²) in [5.41, 5.74) is -0.785. The number of hydrogen-bond acceptors (Lipinski definition) is 6. The molecule has 0 N–H and O–H groups in total. The highest BCUT2D eigenvalue weighted by atomic mass is 35.5. The minimum absolute atomic E-state index is 0.0369. The average molecular weight is 435 g/mol. The standard InChI is InChI=1S/C16H17ClF2N4O4S/c1-21(2)16-11(17)5-10(8-20-16)27-15-7-12(18)14(6-13(15)19)23(9-24)28(25,26)22(3)4/h5-9H,1-4H3. The van der Waals surface area contributed by atoms with E-state index in [0.29, 0.717) is 22.3 Å². The Labute approximate surface area is 166 Å². The fraction of sp³-hybridized carbons (Fsp3) is 0.250. The Morgan fingerprint density at radius 2 is 1.75 bits per heavy atom. The van der Waals surface area contributed by atoms with Crippen molar-refractivity contribution in [2.45, 2.75) is 0 Å². The zero-order valence-electron chi connectivity index (χ0n) is 15.4. The third-order valence-corrected chi connectivity index (χ3v) is 5.47. The van der Waals surface area contributed by atoms with Crippen molar-refractivity contribution >= 4 is 39.7 Å². The second-order valence-corrected chi connectivity index (χ2v) is 8.32. The third-order valence-electron chi connectivity index (χ3n) is 3.49. The van der Waals surface area contributed by atoms with Crippen molar-refractivity contribution in [2.24, 2.45) is 0 Å². The molecule has 0 unspecified atom stereocenters. The van der Waals surface area contributed by atoms with E-state index in [4.69, 9.17) is 16.3 Å². The van der Waals surface area contributed by atoms with Crippen LogP contribution in [0, 0.1) is 11.6 Å². The van der Waals surface area contributed by atoms with Gasteiger partial charge in [-0.3, -0.25) is 4.79 Å². The molecule has 0 aliphatic heterocycles. The molecule has 8 nitrogen and oxygen atoms in total. The van der Waals surface area contributed by atoms with Crippen molar-refractivity contribution in [3.63, 3.8) is 0 Å². The summed E-state index contributed by atoms with van der Waals surface area (Å²) < 4.78 is 59.1. The Kier molecular flexibility index (Phi) is 6.42. The highest BCUT2D eigenvalue weighted by Crippen LogP contribution is 2.33. The van der Waals surface area contributed by atoms with Crippen LogP contribution in [0.25, 0.3) is 0 Å². The van der Waals surface area contributed by atoms with E-state index in [-0.39, 0.29) is 21.5 Å². The van der Waals surface area contributed by atoms with Crippen LogP contribution in [0.5, 0.6) is 11.5 Å². The summed E-state index contributed by atoms with van der Waals surface area (Å²) >= 11 is 6.06. The van der Waals surface area contributed by atoms with Crippen LogP contribution in [0.2, 0.25) is 5.02 Å². The molecule has 12 heteroatoms. The van der Waals surface area contributed by atoms with Gasteiger partial charge in [-0.1, -0.05) is 11.6 Å². The van der Waals surface area contributed by atoms with Gasteiger partial charge in [0.15, 0.2) is 17.4 Å². The Bertz CT molecular complexity index is 1000. The summed E-state index contributed by atoms with van der Waals surface area (Å²) in [6, 6.07) is 2.53. The van der Waals surface area contributed by atoms with Gasteiger partial charge < -0.3 is 9.64 Å². The summed E-state index contributed by atoms with van der Waals surface area (Å²) in [6.07, 6.45) is 1.14. The SMILES string of the molecule is CN(C)c1ncc(Oc2cc(F)c(N(C=O)S(=O)(=O)N(C)C)cc2F)cc1Cl. The van der Waals surface area contributed by atoms with Crippen molar-refractivity contribution in [2.75, 3.05) is 37.4 Å². The molecule has 28 heavy (non-hydrogen) atoms. The first-order valence-electron chi connectivity index (χ1n) is 7.66. The van der Waals surface area contributed by atoms with E-state index < -0.39 is 33.3 Å². The van der Waals surface area contributed by atoms with Gasteiger partial charge >= 0.3 is 10.2 Å². The van der Waals surface area contributed by atoms with Crippen LogP contribution in [-0.2, 0) is 15.0 Å². The molecule has 152 valence electrons. The van der Waals surface area contributed by atoms with Gasteiger partial charge in [0.1, 0.15) is 11.6 Å². The van der Waals surface area contributed by atoms with Crippen LogP contribution in [0.4, 0.5) is 20.3 Å². The number of anilines is 2. The lowest BCUT2D eigenvalue weighted by Crippen LogP contribution is -2.39. The smallest absolute Gasteiger partial charge is 0.310 e. The molecule has 1 aromatic heterocycles. The number of rotatable bonds is 7. The predicted molar refractivity (Wildman–Crippen MR) is 101 cm³/mol. The van der Waals surface area contributed by atoms with Crippen LogP contribution in [-0.4, -0.2) is 52.3 Å². The van der Waals surface area contributed by atoms with Gasteiger partial charge in [-0.25, -0.2) is 13.8 Å². The number of ether oxygens (including phenoxy) is 1. The fourth-order valence-corrected chi connectivity index (χ4v) is 3.28. The third kappa shape index (κ3) is 4.32. The number of aromatic nitrogens is 1. The zero-order valence-corrected chi connectivity index (χ0v) is 16.9. The van der Waals surface area contributed by atoms with E-state index >= 15 is 0 Å². The Balaban J connectivity index is 2.41. The van der Waals surface area contributed by atoms with Crippen molar-refractivity contribution in [1.29, 1.82) is 0 Å². The molecule has 1 aromatic carbocycles. The molecule has 1 amide bonds. The molecule has 0 atom stereocenters. The average Bonchev–Trinajstić information content (AvgIpc) is 2.59. The summed E-state index contributed by atoms with van der Waals surface area (Å²) in [6.45, 7) is 0. The van der Waals surface area contributed by atoms with Gasteiger partial charge in [0.25, 0.3) is 0 Å². The molecule has 0 saturated heterocycles. The maximum absolute atomic E-state index is 14.4. The number of carbonyl (C=O) groups excluding carboxylic acids is 1. The number of pyridine rings is 1. The summed E-state index contributed by atoms with van der Waals surface area (Å²) in [5.74, 6) is -2.32. The van der Waals surface area contributed by atoms with Gasteiger partial charge in [-0.2, -0.15) is 17.0 Å². The van der Waals surface area contributed by atoms with Crippen molar-refractivity contribution in [1.82, 2.24) is 9.29 Å². The lowest BCUT2D eigenvalue weighted by molar-refractivity contribution is -0.106. The summed E-state index contributed by atoms with van der Waals surface area (Å²) in [4.78, 5) is 16.9. The number of hydrogen-bond donors (Lipinski definition) is 0. The van der Waals surface area contributed by atoms with Gasteiger partial charge in [-0.15, -0.1) is 0 Å². The molecule has 2 rings (SSSR count). The second-order valence-electron chi connectivity index (χ2n) is 5.90. The molecule has 0 spiro atoms. The topological polar surface area (TPSA) is 83.0 Å². The Morgan fingerprint density at radius 1 is 1.11 bits per heavy atom. The van der Waals surface area contributed by atoms with Crippen molar-refractivity contribution < 1.29 is 26.7 Å². The Hall–Kier alpha value is -2.50. The lowest BCUT2D eigenvalue weighted by atomic mass is 10.2. The molecule has 1 heterocycles. The highest BCUT2D eigenvalue weighted by Gasteiger charge is 2.28. The Morgan fingerprint density at radius 3 is 2.25 bits per heavy atom. The molecule has 0 bridgehead atoms. The normalized spacial score (nSPS) is 11.4. The molecule has 0 radical (unpaired) electrons. The maximum atomic E-state index is 14.4. The molecular formula is C16H17ClF2N4O4S. The zero-order chi connectivity index (χ0) is 21.2. The number of carbonyl (C=O) groups is 1. The van der Waals surface area contributed by atoms with Crippen LogP contribution >= 0.6 is 11.6 Å². The highest BCUT2D eigenvalue weighted by molar-refractivity contribution is 7.91. The first kappa shape index (κ1) is 21.8. The summed E-state index contributed by atoms with van der Waals surface area (Å²) in [7, 11) is 1.39. The van der Waals surface area contributed by atoms with Gasteiger partial charge in [0, 0.05) is 46.4 Å². The van der Waals surface area contributed by atoms with E-state index in [2.05, 4.69) is 4.98 Å². The number of halogens is 3. The quantitative estimate of drug-likeness (QED) is 0.623. The number of amides is 1. The van der Waals surface area contributed by atoms with E-state index in [0.717, 1.165) is 14.1 Å². The van der Waals surface area contributed by atoms with Crippen LogP contribution in [0.1, 0.15) is 0 Å². The fourth-order valence-electron chi connectivity index (χ4n) is 2.10. The molecule has 0 aliphatic carbocycles. The van der Waals surface area contributed by atoms with E-state index in [9.17, 15) is 22.0 Å². The van der Waals surface area contributed by atoms with E-state index in [1.54, 1.807) is 19.0 Å². The number of benzene rings is 1. The molecule has 0 aliphatic rings. The first-order chi connectivity index (χ1) is 13.0. The van der Waals surface area contributed by atoms with Gasteiger partial charge in [0.2, 0.25) is 6.41 Å². The van der Waals surface area contributed by atoms with Gasteiger partial charge in [-0.05, 0) is 0 Å². The minimum atomic E-state index is -4.35. The first-order valence-corrected chi connectivity index (χ1v) is 9.43.